The van der Waals surface area contributed by atoms with E-state index in [1.807, 2.05) is 0 Å². The third kappa shape index (κ3) is 62.2. The van der Waals surface area contributed by atoms with Gasteiger partial charge in [-0.05, 0) is 77.0 Å². The van der Waals surface area contributed by atoms with E-state index in [1.54, 1.807) is 0 Å². The number of carbonyl (C=O) groups is 3. The van der Waals surface area contributed by atoms with Crippen molar-refractivity contribution in [2.75, 3.05) is 13.2 Å². The molecular weight excluding hydrogens is 937 g/mol. The van der Waals surface area contributed by atoms with Crippen molar-refractivity contribution < 1.29 is 28.6 Å². The Bertz CT molecular complexity index is 1310. The number of hydrogen-bond donors (Lipinski definition) is 0. The summed E-state index contributed by atoms with van der Waals surface area (Å²) in [6, 6.07) is 0. The van der Waals surface area contributed by atoms with E-state index in [-0.39, 0.29) is 31.1 Å². The molecule has 0 rings (SSSR count). The topological polar surface area (TPSA) is 78.9 Å². The van der Waals surface area contributed by atoms with Gasteiger partial charge in [0.25, 0.3) is 0 Å². The van der Waals surface area contributed by atoms with E-state index < -0.39 is 6.10 Å². The van der Waals surface area contributed by atoms with Gasteiger partial charge in [-0.15, -0.1) is 0 Å². The molecule has 0 saturated carbocycles. The van der Waals surface area contributed by atoms with Crippen LogP contribution in [0.2, 0.25) is 0 Å². The van der Waals surface area contributed by atoms with Crippen LogP contribution < -0.4 is 0 Å². The molecule has 1 unspecified atom stereocenters. The van der Waals surface area contributed by atoms with Gasteiger partial charge in [-0.25, -0.2) is 0 Å². The average molecular weight is 1070 g/mol. The van der Waals surface area contributed by atoms with E-state index in [9.17, 15) is 14.4 Å². The second-order valence-corrected chi connectivity index (χ2v) is 22.7. The minimum Gasteiger partial charge on any atom is -0.462 e. The molecule has 0 N–H and O–H groups in total. The predicted octanol–water partition coefficient (Wildman–Crippen LogP) is 22.9. The zero-order chi connectivity index (χ0) is 55.0. The Kier molecular flexibility index (Phi) is 62.6. The van der Waals surface area contributed by atoms with Gasteiger partial charge in [0.1, 0.15) is 13.2 Å². The molecule has 444 valence electrons. The Morgan fingerprint density at radius 3 is 0.763 bits per heavy atom. The molecule has 0 aliphatic heterocycles. The van der Waals surface area contributed by atoms with Crippen molar-refractivity contribution in [3.8, 4) is 0 Å². The molecule has 0 radical (unpaired) electrons. The van der Waals surface area contributed by atoms with E-state index >= 15 is 0 Å². The van der Waals surface area contributed by atoms with Crippen molar-refractivity contribution in [2.24, 2.45) is 0 Å². The van der Waals surface area contributed by atoms with Gasteiger partial charge in [0.2, 0.25) is 0 Å². The van der Waals surface area contributed by atoms with Gasteiger partial charge < -0.3 is 14.2 Å². The van der Waals surface area contributed by atoms with Crippen molar-refractivity contribution >= 4 is 17.9 Å². The summed E-state index contributed by atoms with van der Waals surface area (Å²) < 4.78 is 17.0. The van der Waals surface area contributed by atoms with Crippen LogP contribution in [0.3, 0.4) is 0 Å². The first kappa shape index (κ1) is 73.4. The second kappa shape index (κ2) is 64.9. The largest absolute Gasteiger partial charge is 0.462 e. The van der Waals surface area contributed by atoms with Crippen LogP contribution in [0, 0.1) is 0 Å². The fourth-order valence-electron chi connectivity index (χ4n) is 9.96. The standard InChI is InChI=1S/C70H128O6/c1-4-7-10-13-16-19-22-25-28-30-32-33-34-35-36-37-39-40-42-45-48-51-54-57-60-63-69(72)75-66-67(65-74-68(71)62-59-56-53-50-47-44-27-24-21-18-15-12-9-6-3)76-70(73)64-61-58-55-52-49-46-43-41-38-31-29-26-23-20-17-14-11-8-5-2/h15,18,22,24-25,27,30,32,67H,4-14,16-17,19-21,23,26,28-29,31,33-66H2,1-3H3/b18-15-,25-22-,27-24-,32-30-. The summed E-state index contributed by atoms with van der Waals surface area (Å²) in [5.41, 5.74) is 0. The van der Waals surface area contributed by atoms with Crippen molar-refractivity contribution in [2.45, 2.75) is 367 Å². The number of allylic oxidation sites excluding steroid dienone is 8. The molecule has 0 aromatic carbocycles. The lowest BCUT2D eigenvalue weighted by Gasteiger charge is -2.18. The van der Waals surface area contributed by atoms with Gasteiger partial charge in [0.05, 0.1) is 0 Å². The molecule has 0 aliphatic rings. The van der Waals surface area contributed by atoms with Crippen LogP contribution in [-0.4, -0.2) is 37.2 Å². The number of hydrogen-bond acceptors (Lipinski definition) is 6. The Balaban J connectivity index is 4.27. The van der Waals surface area contributed by atoms with E-state index in [1.165, 1.54) is 238 Å². The van der Waals surface area contributed by atoms with Gasteiger partial charge in [0, 0.05) is 19.3 Å². The number of esters is 3. The van der Waals surface area contributed by atoms with Crippen molar-refractivity contribution in [1.82, 2.24) is 0 Å². The third-order valence-corrected chi connectivity index (χ3v) is 15.1. The molecule has 0 amide bonds. The van der Waals surface area contributed by atoms with Gasteiger partial charge in [-0.3, -0.25) is 14.4 Å². The fraction of sp³-hybridized carbons (Fsp3) is 0.843. The summed E-state index contributed by atoms with van der Waals surface area (Å²) in [6.45, 7) is 6.64. The van der Waals surface area contributed by atoms with E-state index in [2.05, 4.69) is 69.4 Å². The van der Waals surface area contributed by atoms with Crippen LogP contribution in [0.15, 0.2) is 48.6 Å². The number of ether oxygens (including phenoxy) is 3. The van der Waals surface area contributed by atoms with Crippen LogP contribution in [0.1, 0.15) is 361 Å². The summed E-state index contributed by atoms with van der Waals surface area (Å²) in [4.78, 5) is 38.4. The van der Waals surface area contributed by atoms with Gasteiger partial charge >= 0.3 is 17.9 Å². The van der Waals surface area contributed by atoms with Crippen LogP contribution in [0.25, 0.3) is 0 Å². The second-order valence-electron chi connectivity index (χ2n) is 22.7. The summed E-state index contributed by atoms with van der Waals surface area (Å²) >= 11 is 0. The highest BCUT2D eigenvalue weighted by Crippen LogP contribution is 2.18. The SMILES string of the molecule is CCCC/C=C\C/C=C\CCCCCCCC(=O)OCC(COC(=O)CCCCCCCCCCCCCCC/C=C\C/C=C\CCCCCCC)OC(=O)CCCCCCCCCCCCCCCCCCCCC. The lowest BCUT2D eigenvalue weighted by molar-refractivity contribution is -0.167. The van der Waals surface area contributed by atoms with E-state index in [0.29, 0.717) is 19.3 Å². The van der Waals surface area contributed by atoms with E-state index in [4.69, 9.17) is 14.2 Å². The molecule has 0 fully saturated rings. The minimum atomic E-state index is -0.778. The summed E-state index contributed by atoms with van der Waals surface area (Å²) in [7, 11) is 0. The quantitative estimate of drug-likeness (QED) is 0.0261. The first-order chi connectivity index (χ1) is 37.5. The molecule has 0 spiro atoms. The maximum atomic E-state index is 12.9. The first-order valence-corrected chi connectivity index (χ1v) is 33.6. The highest BCUT2D eigenvalue weighted by molar-refractivity contribution is 5.71. The Morgan fingerprint density at radius 2 is 0.487 bits per heavy atom. The lowest BCUT2D eigenvalue weighted by Crippen LogP contribution is -2.30. The first-order valence-electron chi connectivity index (χ1n) is 33.6. The van der Waals surface area contributed by atoms with Crippen LogP contribution in [0.5, 0.6) is 0 Å². The predicted molar refractivity (Wildman–Crippen MR) is 330 cm³/mol. The molecule has 0 aromatic rings. The molecule has 0 aromatic heterocycles. The summed E-state index contributed by atoms with van der Waals surface area (Å²) in [5.74, 6) is -0.865. The van der Waals surface area contributed by atoms with Crippen molar-refractivity contribution in [3.05, 3.63) is 48.6 Å². The van der Waals surface area contributed by atoms with Gasteiger partial charge in [-0.2, -0.15) is 0 Å². The Hall–Kier alpha value is -2.63. The normalized spacial score (nSPS) is 12.3. The molecule has 0 aliphatic carbocycles. The van der Waals surface area contributed by atoms with Crippen LogP contribution >= 0.6 is 0 Å². The number of unbranched alkanes of at least 4 members (excludes halogenated alkanes) is 43. The maximum Gasteiger partial charge on any atom is 0.306 e. The van der Waals surface area contributed by atoms with E-state index in [0.717, 1.165) is 83.5 Å². The smallest absolute Gasteiger partial charge is 0.306 e. The maximum absolute atomic E-state index is 12.9. The molecule has 76 heavy (non-hydrogen) atoms. The lowest BCUT2D eigenvalue weighted by atomic mass is 10.0. The monoisotopic (exact) mass is 1060 g/mol. The highest BCUT2D eigenvalue weighted by Gasteiger charge is 2.19. The Labute approximate surface area is 473 Å². The molecule has 1 atom stereocenters. The summed E-state index contributed by atoms with van der Waals surface area (Å²) in [6.07, 6.45) is 81.2. The fourth-order valence-corrected chi connectivity index (χ4v) is 9.96. The van der Waals surface area contributed by atoms with Crippen molar-refractivity contribution in [3.63, 3.8) is 0 Å². The Morgan fingerprint density at radius 1 is 0.263 bits per heavy atom. The van der Waals surface area contributed by atoms with Crippen LogP contribution in [-0.2, 0) is 28.6 Å². The molecule has 0 bridgehead atoms. The third-order valence-electron chi connectivity index (χ3n) is 15.1. The number of carbonyl (C=O) groups excluding carboxylic acids is 3. The highest BCUT2D eigenvalue weighted by atomic mass is 16.6. The zero-order valence-corrected chi connectivity index (χ0v) is 51.0. The minimum absolute atomic E-state index is 0.0740. The molecule has 0 saturated heterocycles. The molecular formula is C70H128O6. The van der Waals surface area contributed by atoms with Gasteiger partial charge in [-0.1, -0.05) is 313 Å². The summed E-state index contributed by atoms with van der Waals surface area (Å²) in [5, 5.41) is 0. The molecule has 0 heterocycles. The van der Waals surface area contributed by atoms with Gasteiger partial charge in [0.15, 0.2) is 6.10 Å². The zero-order valence-electron chi connectivity index (χ0n) is 51.0. The molecule has 6 nitrogen and oxygen atoms in total. The number of rotatable bonds is 62. The molecule has 6 heteroatoms. The average Bonchev–Trinajstić information content (AvgIpc) is 3.42. The van der Waals surface area contributed by atoms with Crippen LogP contribution in [0.4, 0.5) is 0 Å². The van der Waals surface area contributed by atoms with Crippen molar-refractivity contribution in [1.29, 1.82) is 0 Å².